The van der Waals surface area contributed by atoms with Gasteiger partial charge in [-0.15, -0.1) is 0 Å². The van der Waals surface area contributed by atoms with Crippen molar-refractivity contribution in [3.8, 4) is 5.69 Å². The van der Waals surface area contributed by atoms with Crippen LogP contribution in [-0.4, -0.2) is 33.7 Å². The van der Waals surface area contributed by atoms with Crippen molar-refractivity contribution in [1.82, 2.24) is 19.9 Å². The summed E-state index contributed by atoms with van der Waals surface area (Å²) < 4.78 is 2.22. The summed E-state index contributed by atoms with van der Waals surface area (Å²) in [6, 6.07) is 17.0. The Kier molecular flexibility index (Phi) is 4.48. The van der Waals surface area contributed by atoms with Crippen molar-refractivity contribution in [3.63, 3.8) is 0 Å². The molecule has 0 bridgehead atoms. The fraction of sp³-hybridized carbons (Fsp3) is 0.300. The molecule has 3 aromatic rings. The summed E-state index contributed by atoms with van der Waals surface area (Å²) in [5.41, 5.74) is 2.36. The monoisotopic (exact) mass is 333 g/mol. The first-order valence-corrected chi connectivity index (χ1v) is 8.79. The van der Waals surface area contributed by atoms with E-state index in [1.54, 1.807) is 0 Å². The lowest BCUT2D eigenvalue weighted by Gasteiger charge is -2.18. The number of nitrogens with one attached hydrogen (secondary N) is 1. The molecule has 0 radical (unpaired) electrons. The van der Waals surface area contributed by atoms with Crippen LogP contribution < -0.4 is 10.2 Å². The summed E-state index contributed by atoms with van der Waals surface area (Å²) in [5, 5.41) is 3.69. The average molecular weight is 333 g/mol. The number of hydrogen-bond acceptors (Lipinski definition) is 4. The summed E-state index contributed by atoms with van der Waals surface area (Å²) in [5.74, 6) is 2.08. The number of hydrogen-bond donors (Lipinski definition) is 1. The normalized spacial score (nSPS) is 17.2. The molecule has 1 aliphatic rings. The van der Waals surface area contributed by atoms with Gasteiger partial charge in [0.25, 0.3) is 0 Å². The Balaban J connectivity index is 1.42. The van der Waals surface area contributed by atoms with Gasteiger partial charge in [-0.1, -0.05) is 24.3 Å². The van der Waals surface area contributed by atoms with E-state index in [1.165, 1.54) is 5.69 Å². The second-order valence-corrected chi connectivity index (χ2v) is 6.47. The number of anilines is 1. The van der Waals surface area contributed by atoms with E-state index < -0.39 is 0 Å². The highest BCUT2D eigenvalue weighted by Gasteiger charge is 2.23. The van der Waals surface area contributed by atoms with Gasteiger partial charge >= 0.3 is 0 Å². The maximum absolute atomic E-state index is 4.50. The van der Waals surface area contributed by atoms with E-state index in [2.05, 4.69) is 62.0 Å². The van der Waals surface area contributed by atoms with E-state index in [-0.39, 0.29) is 0 Å². The molecule has 0 aliphatic carbocycles. The standard InChI is InChI=1S/C20H23N5/c1-16-22-13-19(25(16)18-7-3-2-4-8-18)14-23-17-10-12-24(15-17)20-9-5-6-11-21-20/h2-9,11,13,17,23H,10,12,14-15H2,1H3/t17-/m1/s1. The van der Waals surface area contributed by atoms with Crippen molar-refractivity contribution >= 4 is 5.82 Å². The van der Waals surface area contributed by atoms with Crippen molar-refractivity contribution in [2.45, 2.75) is 25.9 Å². The third-order valence-electron chi connectivity index (χ3n) is 4.76. The molecule has 1 atom stereocenters. The molecule has 25 heavy (non-hydrogen) atoms. The van der Waals surface area contributed by atoms with Gasteiger partial charge in [-0.05, 0) is 37.6 Å². The topological polar surface area (TPSA) is 46.0 Å². The van der Waals surface area contributed by atoms with E-state index in [0.29, 0.717) is 6.04 Å². The van der Waals surface area contributed by atoms with Gasteiger partial charge in [0.05, 0.1) is 11.9 Å². The Labute approximate surface area is 148 Å². The minimum atomic E-state index is 0.474. The van der Waals surface area contributed by atoms with Gasteiger partial charge < -0.3 is 10.2 Å². The SMILES string of the molecule is Cc1ncc(CN[C@@H]2CCN(c3ccccn3)C2)n1-c1ccccc1. The smallest absolute Gasteiger partial charge is 0.128 e. The van der Waals surface area contributed by atoms with Crippen LogP contribution >= 0.6 is 0 Å². The zero-order chi connectivity index (χ0) is 17.1. The molecule has 3 heterocycles. The number of rotatable bonds is 5. The van der Waals surface area contributed by atoms with Crippen molar-refractivity contribution in [2.24, 2.45) is 0 Å². The lowest BCUT2D eigenvalue weighted by atomic mass is 10.2. The van der Waals surface area contributed by atoms with E-state index in [4.69, 9.17) is 0 Å². The van der Waals surface area contributed by atoms with Gasteiger partial charge in [-0.3, -0.25) is 4.57 Å². The second kappa shape index (κ2) is 7.07. The second-order valence-electron chi connectivity index (χ2n) is 6.47. The molecule has 5 heteroatoms. The molecule has 1 aromatic carbocycles. The van der Waals surface area contributed by atoms with E-state index in [9.17, 15) is 0 Å². The summed E-state index contributed by atoms with van der Waals surface area (Å²) in [6.07, 6.45) is 4.97. The van der Waals surface area contributed by atoms with Crippen molar-refractivity contribution < 1.29 is 0 Å². The maximum atomic E-state index is 4.50. The molecule has 128 valence electrons. The molecule has 0 spiro atoms. The van der Waals surface area contributed by atoms with Crippen LogP contribution in [0.15, 0.2) is 60.9 Å². The van der Waals surface area contributed by atoms with Crippen LogP contribution in [0.1, 0.15) is 17.9 Å². The Morgan fingerprint density at radius 1 is 1.08 bits per heavy atom. The average Bonchev–Trinajstić information content (AvgIpc) is 3.28. The molecule has 4 rings (SSSR count). The Morgan fingerprint density at radius 2 is 1.92 bits per heavy atom. The minimum absolute atomic E-state index is 0.474. The van der Waals surface area contributed by atoms with E-state index in [0.717, 1.165) is 43.4 Å². The van der Waals surface area contributed by atoms with Gasteiger partial charge in [0.1, 0.15) is 11.6 Å². The van der Waals surface area contributed by atoms with Crippen LogP contribution in [0, 0.1) is 6.92 Å². The first-order valence-electron chi connectivity index (χ1n) is 8.79. The van der Waals surface area contributed by atoms with Crippen LogP contribution in [-0.2, 0) is 6.54 Å². The lowest BCUT2D eigenvalue weighted by molar-refractivity contribution is 0.541. The summed E-state index contributed by atoms with van der Waals surface area (Å²) in [6.45, 7) is 4.91. The predicted octanol–water partition coefficient (Wildman–Crippen LogP) is 2.94. The van der Waals surface area contributed by atoms with Crippen LogP contribution in [0.5, 0.6) is 0 Å². The lowest BCUT2D eigenvalue weighted by Crippen LogP contribution is -2.32. The molecule has 1 fully saturated rings. The maximum Gasteiger partial charge on any atom is 0.128 e. The zero-order valence-electron chi connectivity index (χ0n) is 14.5. The van der Waals surface area contributed by atoms with Crippen LogP contribution in [0.3, 0.4) is 0 Å². The molecule has 0 amide bonds. The molecule has 5 nitrogen and oxygen atoms in total. The number of aromatic nitrogens is 3. The van der Waals surface area contributed by atoms with Gasteiger partial charge in [0, 0.05) is 37.6 Å². The fourth-order valence-electron chi connectivity index (χ4n) is 3.47. The highest BCUT2D eigenvalue weighted by atomic mass is 15.2. The Bertz CT molecular complexity index is 813. The quantitative estimate of drug-likeness (QED) is 0.780. The third kappa shape index (κ3) is 3.42. The highest BCUT2D eigenvalue weighted by Crippen LogP contribution is 2.19. The number of aryl methyl sites for hydroxylation is 1. The minimum Gasteiger partial charge on any atom is -0.355 e. The first-order chi connectivity index (χ1) is 12.3. The van der Waals surface area contributed by atoms with Crippen molar-refractivity contribution in [1.29, 1.82) is 0 Å². The largest absolute Gasteiger partial charge is 0.355 e. The van der Waals surface area contributed by atoms with Gasteiger partial charge in [-0.25, -0.2) is 9.97 Å². The Hall–Kier alpha value is -2.66. The van der Waals surface area contributed by atoms with Crippen LogP contribution in [0.25, 0.3) is 5.69 Å². The molecule has 0 saturated carbocycles. The van der Waals surface area contributed by atoms with Gasteiger partial charge in [0.15, 0.2) is 0 Å². The van der Waals surface area contributed by atoms with E-state index >= 15 is 0 Å². The van der Waals surface area contributed by atoms with Crippen LogP contribution in [0.4, 0.5) is 5.82 Å². The molecular formula is C20H23N5. The third-order valence-corrected chi connectivity index (χ3v) is 4.76. The Morgan fingerprint density at radius 3 is 2.72 bits per heavy atom. The highest BCUT2D eigenvalue weighted by molar-refractivity contribution is 5.39. The van der Waals surface area contributed by atoms with Gasteiger partial charge in [0.2, 0.25) is 0 Å². The van der Waals surface area contributed by atoms with Crippen molar-refractivity contribution in [3.05, 3.63) is 72.4 Å². The number of nitrogens with zero attached hydrogens (tertiary/aromatic N) is 4. The molecule has 1 N–H and O–H groups in total. The molecule has 2 aromatic heterocycles. The number of para-hydroxylation sites is 1. The van der Waals surface area contributed by atoms with Crippen LogP contribution in [0.2, 0.25) is 0 Å². The zero-order valence-corrected chi connectivity index (χ0v) is 14.5. The summed E-state index contributed by atoms with van der Waals surface area (Å²) >= 11 is 0. The molecule has 1 aliphatic heterocycles. The van der Waals surface area contributed by atoms with Crippen molar-refractivity contribution in [2.75, 3.05) is 18.0 Å². The number of pyridine rings is 1. The van der Waals surface area contributed by atoms with Gasteiger partial charge in [-0.2, -0.15) is 0 Å². The molecule has 0 unspecified atom stereocenters. The summed E-state index contributed by atoms with van der Waals surface area (Å²) in [4.78, 5) is 11.3. The predicted molar refractivity (Wildman–Crippen MR) is 100.0 cm³/mol. The number of benzene rings is 1. The first kappa shape index (κ1) is 15.8. The number of imidazole rings is 1. The molecule has 1 saturated heterocycles. The summed E-state index contributed by atoms with van der Waals surface area (Å²) in [7, 11) is 0. The molecular weight excluding hydrogens is 310 g/mol. The fourth-order valence-corrected chi connectivity index (χ4v) is 3.47. The van der Waals surface area contributed by atoms with E-state index in [1.807, 2.05) is 30.6 Å².